The smallest absolute Gasteiger partial charge is 0.199 e. The van der Waals surface area contributed by atoms with Gasteiger partial charge in [-0.2, -0.15) is 0 Å². The molecule has 0 aromatic heterocycles. The maximum absolute atomic E-state index is 13.8. The van der Waals surface area contributed by atoms with E-state index in [2.05, 4.69) is 15.9 Å². The van der Waals surface area contributed by atoms with Gasteiger partial charge in [0.15, 0.2) is 5.78 Å². The molecule has 0 aliphatic heterocycles. The van der Waals surface area contributed by atoms with Crippen LogP contribution in [0.25, 0.3) is 0 Å². The average Bonchev–Trinajstić information content (AvgIpc) is 2.40. The van der Waals surface area contributed by atoms with Crippen molar-refractivity contribution in [3.8, 4) is 5.75 Å². The number of carbonyl (C=O) groups excluding carboxylic acids is 1. The molecule has 0 bridgehead atoms. The number of rotatable bonds is 4. The highest BCUT2D eigenvalue weighted by Crippen LogP contribution is 2.27. The molecule has 2 aromatic carbocycles. The van der Waals surface area contributed by atoms with Crippen molar-refractivity contribution in [1.29, 1.82) is 0 Å². The Labute approximate surface area is 129 Å². The Morgan fingerprint density at radius 2 is 2.00 bits per heavy atom. The van der Waals surface area contributed by atoms with Gasteiger partial charge in [-0.05, 0) is 43.3 Å². The quantitative estimate of drug-likeness (QED) is 0.730. The maximum Gasteiger partial charge on any atom is 0.199 e. The summed E-state index contributed by atoms with van der Waals surface area (Å²) >= 11 is 8.99. The molecule has 20 heavy (non-hydrogen) atoms. The third-order valence-electron chi connectivity index (χ3n) is 2.66. The van der Waals surface area contributed by atoms with Crippen molar-refractivity contribution in [3.05, 3.63) is 62.8 Å². The summed E-state index contributed by atoms with van der Waals surface area (Å²) in [6.07, 6.45) is 0. The monoisotopic (exact) mass is 356 g/mol. The SMILES string of the molecule is CCOc1ccc(Br)cc1C(=O)c1ccc(Cl)cc1F. The van der Waals surface area contributed by atoms with E-state index in [1.807, 2.05) is 6.92 Å². The summed E-state index contributed by atoms with van der Waals surface area (Å²) in [6, 6.07) is 9.02. The first-order chi connectivity index (χ1) is 9.52. The molecule has 0 spiro atoms. The number of halogens is 3. The zero-order chi connectivity index (χ0) is 14.7. The van der Waals surface area contributed by atoms with E-state index in [4.69, 9.17) is 16.3 Å². The zero-order valence-electron chi connectivity index (χ0n) is 10.6. The standard InChI is InChI=1S/C15H11BrClFO2/c1-2-20-14-6-3-9(16)7-12(14)15(19)11-5-4-10(17)8-13(11)18/h3-8H,2H2,1H3. The predicted molar refractivity (Wildman–Crippen MR) is 80.2 cm³/mol. The lowest BCUT2D eigenvalue weighted by molar-refractivity contribution is 0.103. The largest absolute Gasteiger partial charge is 0.493 e. The molecule has 2 nitrogen and oxygen atoms in total. The molecule has 0 atom stereocenters. The predicted octanol–water partition coefficient (Wildman–Crippen LogP) is 4.87. The molecule has 2 aromatic rings. The average molecular weight is 358 g/mol. The molecule has 0 saturated heterocycles. The number of hydrogen-bond donors (Lipinski definition) is 0. The summed E-state index contributed by atoms with van der Waals surface area (Å²) in [6.45, 7) is 2.24. The van der Waals surface area contributed by atoms with Gasteiger partial charge in [-0.1, -0.05) is 27.5 Å². The molecular formula is C15H11BrClFO2. The lowest BCUT2D eigenvalue weighted by Gasteiger charge is -2.10. The first kappa shape index (κ1) is 15.0. The van der Waals surface area contributed by atoms with Crippen LogP contribution in [0.2, 0.25) is 5.02 Å². The van der Waals surface area contributed by atoms with Gasteiger partial charge in [-0.25, -0.2) is 4.39 Å². The second-order valence-corrected chi connectivity index (χ2v) is 5.38. The molecular weight excluding hydrogens is 347 g/mol. The Morgan fingerprint density at radius 3 is 2.65 bits per heavy atom. The number of hydrogen-bond acceptors (Lipinski definition) is 2. The van der Waals surface area contributed by atoms with E-state index >= 15 is 0 Å². The van der Waals surface area contributed by atoms with Gasteiger partial charge in [0.25, 0.3) is 0 Å². The number of benzene rings is 2. The van der Waals surface area contributed by atoms with Crippen molar-refractivity contribution < 1.29 is 13.9 Å². The van der Waals surface area contributed by atoms with Crippen molar-refractivity contribution in [1.82, 2.24) is 0 Å². The van der Waals surface area contributed by atoms with Gasteiger partial charge in [-0.15, -0.1) is 0 Å². The van der Waals surface area contributed by atoms with Crippen LogP contribution in [-0.2, 0) is 0 Å². The van der Waals surface area contributed by atoms with E-state index in [1.165, 1.54) is 12.1 Å². The molecule has 0 unspecified atom stereocenters. The fourth-order valence-corrected chi connectivity index (χ4v) is 2.30. The van der Waals surface area contributed by atoms with Crippen LogP contribution in [0.1, 0.15) is 22.8 Å². The summed E-state index contributed by atoms with van der Waals surface area (Å²) in [7, 11) is 0. The van der Waals surface area contributed by atoms with Crippen molar-refractivity contribution in [2.24, 2.45) is 0 Å². The van der Waals surface area contributed by atoms with Crippen molar-refractivity contribution in [3.63, 3.8) is 0 Å². The molecule has 0 aliphatic rings. The Bertz CT molecular complexity index is 658. The summed E-state index contributed by atoms with van der Waals surface area (Å²) < 4.78 is 20.0. The second-order valence-electron chi connectivity index (χ2n) is 4.03. The molecule has 0 radical (unpaired) electrons. The Hall–Kier alpha value is -1.39. The molecule has 0 amide bonds. The van der Waals surface area contributed by atoms with Crippen molar-refractivity contribution in [2.45, 2.75) is 6.92 Å². The minimum atomic E-state index is -0.648. The highest BCUT2D eigenvalue weighted by Gasteiger charge is 2.18. The fraction of sp³-hybridized carbons (Fsp3) is 0.133. The Balaban J connectivity index is 2.49. The van der Waals surface area contributed by atoms with Gasteiger partial charge in [-0.3, -0.25) is 4.79 Å². The van der Waals surface area contributed by atoms with E-state index in [-0.39, 0.29) is 10.6 Å². The lowest BCUT2D eigenvalue weighted by Crippen LogP contribution is -2.07. The zero-order valence-corrected chi connectivity index (χ0v) is 13.0. The van der Waals surface area contributed by atoms with Gasteiger partial charge in [0.05, 0.1) is 17.7 Å². The Morgan fingerprint density at radius 1 is 1.25 bits per heavy atom. The van der Waals surface area contributed by atoms with Crippen LogP contribution in [0.4, 0.5) is 4.39 Å². The van der Waals surface area contributed by atoms with E-state index in [9.17, 15) is 9.18 Å². The van der Waals surface area contributed by atoms with Crippen LogP contribution in [0.15, 0.2) is 40.9 Å². The summed E-state index contributed by atoms with van der Waals surface area (Å²) in [5.41, 5.74) is 0.274. The molecule has 0 aliphatic carbocycles. The first-order valence-electron chi connectivity index (χ1n) is 5.95. The first-order valence-corrected chi connectivity index (χ1v) is 7.12. The third-order valence-corrected chi connectivity index (χ3v) is 3.39. The molecule has 5 heteroatoms. The van der Waals surface area contributed by atoms with Crippen LogP contribution >= 0.6 is 27.5 Å². The molecule has 0 saturated carbocycles. The van der Waals surface area contributed by atoms with Gasteiger partial charge < -0.3 is 4.74 Å². The van der Waals surface area contributed by atoms with Gasteiger partial charge in [0.1, 0.15) is 11.6 Å². The summed E-state index contributed by atoms with van der Waals surface area (Å²) in [4.78, 5) is 12.4. The highest BCUT2D eigenvalue weighted by atomic mass is 79.9. The minimum Gasteiger partial charge on any atom is -0.493 e. The molecule has 0 N–H and O–H groups in total. The molecule has 2 rings (SSSR count). The van der Waals surface area contributed by atoms with Gasteiger partial charge >= 0.3 is 0 Å². The van der Waals surface area contributed by atoms with E-state index < -0.39 is 11.6 Å². The van der Waals surface area contributed by atoms with E-state index in [0.717, 1.165) is 10.5 Å². The van der Waals surface area contributed by atoms with Crippen LogP contribution in [0, 0.1) is 5.82 Å². The van der Waals surface area contributed by atoms with Crippen LogP contribution in [0.3, 0.4) is 0 Å². The van der Waals surface area contributed by atoms with E-state index in [1.54, 1.807) is 18.2 Å². The molecule has 104 valence electrons. The third kappa shape index (κ3) is 3.19. The maximum atomic E-state index is 13.8. The van der Waals surface area contributed by atoms with Crippen LogP contribution in [0.5, 0.6) is 5.75 Å². The fourth-order valence-electron chi connectivity index (χ4n) is 1.78. The van der Waals surface area contributed by atoms with Gasteiger partial charge in [0, 0.05) is 9.50 Å². The lowest BCUT2D eigenvalue weighted by atomic mass is 10.0. The minimum absolute atomic E-state index is 0.0338. The molecule has 0 heterocycles. The van der Waals surface area contributed by atoms with Crippen molar-refractivity contribution >= 4 is 33.3 Å². The molecule has 0 fully saturated rings. The summed E-state index contributed by atoms with van der Waals surface area (Å²) in [5, 5.41) is 0.248. The van der Waals surface area contributed by atoms with Crippen LogP contribution in [-0.4, -0.2) is 12.4 Å². The normalized spacial score (nSPS) is 10.4. The number of ketones is 1. The Kier molecular flexibility index (Phi) is 4.78. The van der Waals surface area contributed by atoms with Crippen molar-refractivity contribution in [2.75, 3.05) is 6.61 Å². The summed E-state index contributed by atoms with van der Waals surface area (Å²) in [5.74, 6) is -0.663. The highest BCUT2D eigenvalue weighted by molar-refractivity contribution is 9.10. The topological polar surface area (TPSA) is 26.3 Å². The van der Waals surface area contributed by atoms with E-state index in [0.29, 0.717) is 17.9 Å². The number of carbonyl (C=O) groups is 1. The second kappa shape index (κ2) is 6.37. The number of ether oxygens (including phenoxy) is 1. The van der Waals surface area contributed by atoms with Gasteiger partial charge in [0.2, 0.25) is 0 Å². The van der Waals surface area contributed by atoms with Crippen LogP contribution < -0.4 is 4.74 Å².